The van der Waals surface area contributed by atoms with Crippen LogP contribution in [0.25, 0.3) is 12.2 Å². The fourth-order valence-corrected chi connectivity index (χ4v) is 1.26. The lowest BCUT2D eigenvalue weighted by molar-refractivity contribution is 1.44. The molecule has 0 spiro atoms. The molecule has 0 N–H and O–H groups in total. The quantitative estimate of drug-likeness (QED) is 0.568. The number of hydrogen-bond donors (Lipinski definition) is 0. The van der Waals surface area contributed by atoms with Crippen LogP contribution < -0.4 is 0 Å². The lowest BCUT2D eigenvalue weighted by Gasteiger charge is -2.02. The Morgan fingerprint density at radius 1 is 1.18 bits per heavy atom. The summed E-state index contributed by atoms with van der Waals surface area (Å²) in [7, 11) is 0. The molecular weight excluding hydrogens is 204 g/mol. The zero-order chi connectivity index (χ0) is 12.6. The smallest absolute Gasteiger partial charge is 0.0182 e. The second-order valence-electron chi connectivity index (χ2n) is 3.52. The summed E-state index contributed by atoms with van der Waals surface area (Å²) in [5, 5.41) is 0. The average molecular weight is 230 g/mol. The number of hydrogen-bond acceptors (Lipinski definition) is 0. The lowest BCUT2D eigenvalue weighted by atomic mass is 10.0. The van der Waals surface area contributed by atoms with E-state index in [1.165, 1.54) is 11.1 Å². The molecule has 0 radical (unpaired) electrons. The van der Waals surface area contributed by atoms with Gasteiger partial charge in [0.05, 0.1) is 0 Å². The van der Waals surface area contributed by atoms with E-state index in [4.69, 9.17) is 0 Å². The highest BCUT2D eigenvalue weighted by Crippen LogP contribution is 2.15. The van der Waals surface area contributed by atoms with Crippen LogP contribution in [0.4, 0.5) is 0 Å². The summed E-state index contributed by atoms with van der Waals surface area (Å²) in [6, 6.07) is 6.33. The van der Waals surface area contributed by atoms with Crippen molar-refractivity contribution in [2.75, 3.05) is 0 Å². The summed E-state index contributed by atoms with van der Waals surface area (Å²) in [4.78, 5) is 0. The molecule has 94 valence electrons. The second-order valence-corrected chi connectivity index (χ2v) is 3.52. The van der Waals surface area contributed by atoms with Crippen molar-refractivity contribution in [2.24, 2.45) is 0 Å². The molecular formula is C17H26. The lowest BCUT2D eigenvalue weighted by Crippen LogP contribution is -1.82. The first-order valence-electron chi connectivity index (χ1n) is 5.70. The van der Waals surface area contributed by atoms with Gasteiger partial charge in [-0.3, -0.25) is 0 Å². The van der Waals surface area contributed by atoms with Crippen LogP contribution in [0.1, 0.15) is 44.9 Å². The third-order valence-electron chi connectivity index (χ3n) is 2.01. The molecule has 0 aromatic heterocycles. The SMILES string of the molecule is C.C=Cc1ccc(C)cc1/C=C\C(=C)C.CC. The minimum atomic E-state index is 0. The van der Waals surface area contributed by atoms with E-state index in [0.29, 0.717) is 0 Å². The molecule has 0 aliphatic heterocycles. The normalized spacial score (nSPS) is 8.94. The Morgan fingerprint density at radius 2 is 1.76 bits per heavy atom. The van der Waals surface area contributed by atoms with Crippen molar-refractivity contribution < 1.29 is 0 Å². The maximum absolute atomic E-state index is 3.84. The first-order chi connectivity index (χ1) is 7.63. The van der Waals surface area contributed by atoms with E-state index >= 15 is 0 Å². The first kappa shape index (κ1) is 17.8. The molecule has 1 aromatic carbocycles. The molecule has 0 amide bonds. The summed E-state index contributed by atoms with van der Waals surface area (Å²) in [6.45, 7) is 15.7. The van der Waals surface area contributed by atoms with E-state index in [2.05, 4.69) is 44.4 Å². The highest BCUT2D eigenvalue weighted by Gasteiger charge is 1.95. The molecule has 0 saturated heterocycles. The van der Waals surface area contributed by atoms with E-state index in [1.54, 1.807) is 0 Å². The van der Waals surface area contributed by atoms with Gasteiger partial charge in [0.1, 0.15) is 0 Å². The Labute approximate surface area is 107 Å². The molecule has 0 nitrogen and oxygen atoms in total. The molecule has 0 heteroatoms. The van der Waals surface area contributed by atoms with Gasteiger partial charge in [0, 0.05) is 0 Å². The second kappa shape index (κ2) is 9.65. The summed E-state index contributed by atoms with van der Waals surface area (Å²) in [6.07, 6.45) is 5.96. The highest BCUT2D eigenvalue weighted by atomic mass is 14.0. The molecule has 17 heavy (non-hydrogen) atoms. The van der Waals surface area contributed by atoms with Crippen LogP contribution in [0.5, 0.6) is 0 Å². The molecule has 0 fully saturated rings. The minimum Gasteiger partial charge on any atom is -0.0984 e. The van der Waals surface area contributed by atoms with Gasteiger partial charge in [-0.15, -0.1) is 0 Å². The molecule has 1 aromatic rings. The Balaban J connectivity index is 0. The van der Waals surface area contributed by atoms with Crippen molar-refractivity contribution in [1.82, 2.24) is 0 Å². The van der Waals surface area contributed by atoms with Gasteiger partial charge in [0.2, 0.25) is 0 Å². The van der Waals surface area contributed by atoms with Crippen molar-refractivity contribution in [3.63, 3.8) is 0 Å². The Bertz CT molecular complexity index is 381. The van der Waals surface area contributed by atoms with Gasteiger partial charge in [0.15, 0.2) is 0 Å². The van der Waals surface area contributed by atoms with E-state index in [-0.39, 0.29) is 7.43 Å². The largest absolute Gasteiger partial charge is 0.0984 e. The standard InChI is InChI=1S/C14H16.C2H6.CH4/c1-5-13-9-7-12(4)10-14(13)8-6-11(2)3;1-2;/h5-10H,1-2H2,3-4H3;1-2H3;1H4/b8-6-;;. The van der Waals surface area contributed by atoms with Crippen molar-refractivity contribution in [1.29, 1.82) is 0 Å². The summed E-state index contributed by atoms with van der Waals surface area (Å²) in [5.41, 5.74) is 4.68. The average Bonchev–Trinajstić information content (AvgIpc) is 2.29. The number of benzene rings is 1. The number of aryl methyl sites for hydroxylation is 1. The summed E-state index contributed by atoms with van der Waals surface area (Å²) < 4.78 is 0. The zero-order valence-corrected chi connectivity index (χ0v) is 10.9. The fraction of sp³-hybridized carbons (Fsp3) is 0.294. The molecule has 0 heterocycles. The Morgan fingerprint density at radius 3 is 2.24 bits per heavy atom. The van der Waals surface area contributed by atoms with E-state index in [1.807, 2.05) is 32.9 Å². The van der Waals surface area contributed by atoms with Gasteiger partial charge in [0.25, 0.3) is 0 Å². The van der Waals surface area contributed by atoms with E-state index < -0.39 is 0 Å². The van der Waals surface area contributed by atoms with Gasteiger partial charge in [-0.25, -0.2) is 0 Å². The molecule has 0 aliphatic carbocycles. The van der Waals surface area contributed by atoms with Gasteiger partial charge < -0.3 is 0 Å². The first-order valence-corrected chi connectivity index (χ1v) is 5.70. The molecule has 0 saturated carbocycles. The van der Waals surface area contributed by atoms with E-state index in [0.717, 1.165) is 11.1 Å². The van der Waals surface area contributed by atoms with Gasteiger partial charge in [-0.05, 0) is 25.0 Å². The Kier molecular flexibility index (Phi) is 10.1. The maximum atomic E-state index is 3.84. The van der Waals surface area contributed by atoms with Crippen LogP contribution in [0.3, 0.4) is 0 Å². The van der Waals surface area contributed by atoms with Crippen LogP contribution >= 0.6 is 0 Å². The number of rotatable bonds is 3. The Hall–Kier alpha value is -1.56. The van der Waals surface area contributed by atoms with Crippen LogP contribution in [0, 0.1) is 6.92 Å². The highest BCUT2D eigenvalue weighted by molar-refractivity contribution is 5.66. The van der Waals surface area contributed by atoms with E-state index in [9.17, 15) is 0 Å². The maximum Gasteiger partial charge on any atom is -0.0182 e. The van der Waals surface area contributed by atoms with Gasteiger partial charge >= 0.3 is 0 Å². The van der Waals surface area contributed by atoms with Crippen molar-refractivity contribution in [3.05, 3.63) is 59.7 Å². The predicted octanol–water partition coefficient (Wildman–Crippen LogP) is 5.89. The third kappa shape index (κ3) is 6.57. The van der Waals surface area contributed by atoms with Gasteiger partial charge in [-0.2, -0.15) is 0 Å². The van der Waals surface area contributed by atoms with Crippen LogP contribution in [-0.2, 0) is 0 Å². The molecule has 0 unspecified atom stereocenters. The summed E-state index contributed by atoms with van der Waals surface area (Å²) >= 11 is 0. The molecule has 0 bridgehead atoms. The van der Waals surface area contributed by atoms with Gasteiger partial charge in [-0.1, -0.05) is 82.0 Å². The van der Waals surface area contributed by atoms with Crippen LogP contribution in [0.2, 0.25) is 0 Å². The zero-order valence-electron chi connectivity index (χ0n) is 10.9. The number of allylic oxidation sites excluding steroid dienone is 2. The van der Waals surface area contributed by atoms with Crippen LogP contribution in [-0.4, -0.2) is 0 Å². The fourth-order valence-electron chi connectivity index (χ4n) is 1.26. The summed E-state index contributed by atoms with van der Waals surface area (Å²) in [5.74, 6) is 0. The topological polar surface area (TPSA) is 0 Å². The van der Waals surface area contributed by atoms with Crippen LogP contribution in [0.15, 0.2) is 43.0 Å². The minimum absolute atomic E-state index is 0. The van der Waals surface area contributed by atoms with Crippen molar-refractivity contribution >= 4 is 12.2 Å². The predicted molar refractivity (Wildman–Crippen MR) is 83.2 cm³/mol. The molecule has 0 atom stereocenters. The van der Waals surface area contributed by atoms with Crippen molar-refractivity contribution in [2.45, 2.75) is 35.1 Å². The monoisotopic (exact) mass is 230 g/mol. The third-order valence-corrected chi connectivity index (χ3v) is 2.01. The molecule has 0 aliphatic rings. The molecule has 1 rings (SSSR count). The van der Waals surface area contributed by atoms with Crippen molar-refractivity contribution in [3.8, 4) is 0 Å².